The van der Waals surface area contributed by atoms with E-state index in [2.05, 4.69) is 6.08 Å². The van der Waals surface area contributed by atoms with Crippen molar-refractivity contribution in [2.24, 2.45) is 28.7 Å². The number of Topliss-reactive ketones (excluding diaryl/α,β-unsaturated/α-hetero) is 2. The zero-order valence-electron chi connectivity index (χ0n) is 37.6. The summed E-state index contributed by atoms with van der Waals surface area (Å²) in [6.45, 7) is 12.7. The van der Waals surface area contributed by atoms with E-state index in [0.717, 1.165) is 75.1 Å². The number of carboxylic acids is 2. The van der Waals surface area contributed by atoms with Gasteiger partial charge in [-0.3, -0.25) is 24.2 Å². The largest absolute Gasteiger partial charge is 0.481 e. The number of halogens is 2. The molecule has 0 bridgehead atoms. The predicted molar refractivity (Wildman–Crippen MR) is 251 cm³/mol. The lowest BCUT2D eigenvalue weighted by molar-refractivity contribution is -0.135. The second-order valence-corrected chi connectivity index (χ2v) is 24.5. The van der Waals surface area contributed by atoms with E-state index in [0.29, 0.717) is 35.1 Å². The molecule has 0 radical (unpaired) electrons. The average Bonchev–Trinajstić information content (AvgIpc) is 3.64. The number of ketones is 2. The topological polar surface area (TPSA) is 224 Å². The number of benzene rings is 2. The fraction of sp³-hybridized carbons (Fsp3) is 0.587. The maximum Gasteiger partial charge on any atom is 0.300 e. The van der Waals surface area contributed by atoms with E-state index in [-0.39, 0.29) is 54.1 Å². The van der Waals surface area contributed by atoms with E-state index >= 15 is 0 Å². The number of aliphatic imine (C=N–C) groups is 1. The maximum absolute atomic E-state index is 12.5. The standard InChI is InChI=1S/C21H28ClNO2S.C21H29ClO4S.2C2H4O2.H3N/c1-21(2,3)26(24,25)14-15-7-9-16(10-8-15)19-11-12-20(23-19)17-5-4-6-18(22)13-17;1-21(2,3)27(25,26)14-15-7-9-16(10-8-15)19(23)11-12-20(24)17-5-4-6-18(22)13-17;2*1-2(3)4;/h4-6,12-13,15-16H,7-11,14H2,1-3H3;4-6,13,15-16H,7-12,14H2,1-3H3;2*1H3,(H,3,4);1H3. The Labute approximate surface area is 379 Å². The number of carbonyl (C=O) groups excluding carboxylic acids is 2. The van der Waals surface area contributed by atoms with E-state index in [1.807, 2.05) is 24.3 Å². The Kier molecular flexibility index (Phi) is 23.0. The lowest BCUT2D eigenvalue weighted by Crippen LogP contribution is -2.35. The Morgan fingerprint density at radius 1 is 0.677 bits per heavy atom. The number of hydrogen-bond acceptors (Lipinski definition) is 10. The highest BCUT2D eigenvalue weighted by Gasteiger charge is 2.36. The Hall–Kier alpha value is -3.43. The van der Waals surface area contributed by atoms with Crippen LogP contribution in [0.4, 0.5) is 0 Å². The van der Waals surface area contributed by atoms with Gasteiger partial charge in [0.05, 0.1) is 26.7 Å². The SMILES string of the molecule is CC(=O)O.CC(=O)O.CC(C)(C)S(=O)(=O)CC1CCC(C(=O)CCC(=O)c2cccc(Cl)c2)CC1.CC(C)(C)S(=O)(=O)CC1CCC(C2=NC(c3cccc(Cl)c3)=CC2)CC1.N. The maximum atomic E-state index is 12.5. The molecule has 16 heteroatoms. The van der Waals surface area contributed by atoms with Crippen molar-refractivity contribution in [2.45, 2.75) is 136 Å². The summed E-state index contributed by atoms with van der Waals surface area (Å²) in [5, 5.41) is 16.1. The molecule has 1 heterocycles. The average molecular weight is 944 g/mol. The molecule has 2 aromatic carbocycles. The molecule has 0 saturated heterocycles. The van der Waals surface area contributed by atoms with Crippen molar-refractivity contribution < 1.29 is 46.2 Å². The Morgan fingerprint density at radius 3 is 1.55 bits per heavy atom. The first-order valence-electron chi connectivity index (χ1n) is 20.8. The van der Waals surface area contributed by atoms with Gasteiger partial charge >= 0.3 is 0 Å². The van der Waals surface area contributed by atoms with Crippen molar-refractivity contribution in [3.05, 3.63) is 75.8 Å². The number of carbonyl (C=O) groups is 4. The summed E-state index contributed by atoms with van der Waals surface area (Å²) in [4.78, 5) is 47.5. The molecule has 3 aliphatic rings. The number of hydrogen-bond donors (Lipinski definition) is 3. The van der Waals surface area contributed by atoms with E-state index in [9.17, 15) is 26.4 Å². The van der Waals surface area contributed by atoms with E-state index in [4.69, 9.17) is 48.0 Å². The van der Waals surface area contributed by atoms with E-state index < -0.39 is 41.1 Å². The molecule has 5 N–H and O–H groups in total. The van der Waals surface area contributed by atoms with Crippen LogP contribution in [0, 0.1) is 23.7 Å². The monoisotopic (exact) mass is 942 g/mol. The van der Waals surface area contributed by atoms with Crippen LogP contribution in [-0.2, 0) is 34.1 Å². The molecule has 62 heavy (non-hydrogen) atoms. The Bertz CT molecular complexity index is 2090. The number of allylic oxidation sites excluding steroid dienone is 1. The fourth-order valence-corrected chi connectivity index (χ4v) is 10.5. The summed E-state index contributed by atoms with van der Waals surface area (Å²) in [5.74, 6) is -0.253. The quantitative estimate of drug-likeness (QED) is 0.180. The Balaban J connectivity index is 0.000000521. The van der Waals surface area contributed by atoms with Gasteiger partial charge in [0.1, 0.15) is 5.78 Å². The van der Waals surface area contributed by atoms with Crippen LogP contribution in [0.1, 0.15) is 142 Å². The second kappa shape index (κ2) is 25.2. The van der Waals surface area contributed by atoms with Crippen LogP contribution >= 0.6 is 23.2 Å². The third-order valence-corrected chi connectivity index (χ3v) is 17.1. The number of sulfone groups is 2. The molecule has 1 aliphatic heterocycles. The minimum Gasteiger partial charge on any atom is -0.481 e. The normalized spacial score (nSPS) is 20.2. The van der Waals surface area contributed by atoms with Crippen molar-refractivity contribution in [3.63, 3.8) is 0 Å². The van der Waals surface area contributed by atoms with Gasteiger partial charge in [0, 0.05) is 65.9 Å². The number of carboxylic acid groups (broad SMARTS) is 2. The van der Waals surface area contributed by atoms with Crippen molar-refractivity contribution in [1.82, 2.24) is 6.15 Å². The summed E-state index contributed by atoms with van der Waals surface area (Å²) >= 11 is 12.0. The molecular formula is C46H68Cl2N2O10S2. The number of rotatable bonds is 11. The molecule has 0 spiro atoms. The molecule has 348 valence electrons. The summed E-state index contributed by atoms with van der Waals surface area (Å²) < 4.78 is 48.2. The first-order chi connectivity index (χ1) is 28.1. The van der Waals surface area contributed by atoms with Gasteiger partial charge in [-0.2, -0.15) is 0 Å². The lowest BCUT2D eigenvalue weighted by atomic mass is 9.79. The molecule has 0 atom stereocenters. The highest BCUT2D eigenvalue weighted by molar-refractivity contribution is 7.93. The molecule has 0 amide bonds. The van der Waals surface area contributed by atoms with Crippen LogP contribution in [0.25, 0.3) is 5.70 Å². The highest BCUT2D eigenvalue weighted by atomic mass is 35.5. The zero-order chi connectivity index (χ0) is 46.3. The van der Waals surface area contributed by atoms with Crippen molar-refractivity contribution in [3.8, 4) is 0 Å². The predicted octanol–water partition coefficient (Wildman–Crippen LogP) is 10.8. The molecule has 0 unspecified atom stereocenters. The fourth-order valence-electron chi connectivity index (χ4n) is 7.22. The van der Waals surface area contributed by atoms with Crippen LogP contribution in [0.3, 0.4) is 0 Å². The van der Waals surface area contributed by atoms with E-state index in [1.165, 1.54) is 5.71 Å². The summed E-state index contributed by atoms with van der Waals surface area (Å²) in [5.41, 5.74) is 3.86. The highest BCUT2D eigenvalue weighted by Crippen LogP contribution is 2.37. The van der Waals surface area contributed by atoms with Crippen molar-refractivity contribution in [2.75, 3.05) is 11.5 Å². The van der Waals surface area contributed by atoms with Crippen LogP contribution in [-0.4, -0.2) is 77.3 Å². The van der Waals surface area contributed by atoms with Crippen LogP contribution in [0.5, 0.6) is 0 Å². The third kappa shape index (κ3) is 19.5. The van der Waals surface area contributed by atoms with Gasteiger partial charge in [-0.1, -0.05) is 53.5 Å². The molecule has 2 aromatic rings. The molecule has 2 fully saturated rings. The van der Waals surface area contributed by atoms with Gasteiger partial charge in [0.15, 0.2) is 25.5 Å². The first kappa shape index (κ1) is 56.6. The van der Waals surface area contributed by atoms with Crippen LogP contribution in [0.15, 0.2) is 59.6 Å². The third-order valence-electron chi connectivity index (χ3n) is 11.0. The minimum atomic E-state index is -3.13. The second-order valence-electron chi connectivity index (χ2n) is 18.1. The molecule has 12 nitrogen and oxygen atoms in total. The lowest BCUT2D eigenvalue weighted by Gasteiger charge is -2.30. The first-order valence-corrected chi connectivity index (χ1v) is 24.9. The van der Waals surface area contributed by atoms with Gasteiger partial charge in [-0.15, -0.1) is 0 Å². The molecule has 5 rings (SSSR count). The van der Waals surface area contributed by atoms with Gasteiger partial charge in [0.25, 0.3) is 11.9 Å². The Morgan fingerprint density at radius 2 is 1.11 bits per heavy atom. The van der Waals surface area contributed by atoms with Crippen LogP contribution in [0.2, 0.25) is 10.0 Å². The van der Waals surface area contributed by atoms with Crippen LogP contribution < -0.4 is 6.15 Å². The van der Waals surface area contributed by atoms with E-state index in [1.54, 1.807) is 65.8 Å². The molecule has 0 aromatic heterocycles. The summed E-state index contributed by atoms with van der Waals surface area (Å²) in [6, 6.07) is 14.6. The van der Waals surface area contributed by atoms with Gasteiger partial charge in [-0.25, -0.2) is 16.8 Å². The van der Waals surface area contributed by atoms with Gasteiger partial charge in [-0.05, 0) is 135 Å². The zero-order valence-corrected chi connectivity index (χ0v) is 40.7. The van der Waals surface area contributed by atoms with Gasteiger partial charge in [0.2, 0.25) is 0 Å². The van der Waals surface area contributed by atoms with Crippen molar-refractivity contribution >= 4 is 77.8 Å². The summed E-state index contributed by atoms with van der Waals surface area (Å²) in [6.07, 6.45) is 10.5. The number of nitrogens with zero attached hydrogens (tertiary/aromatic N) is 1. The molecule has 2 aliphatic carbocycles. The number of aliphatic carboxylic acids is 2. The van der Waals surface area contributed by atoms with Gasteiger partial charge < -0.3 is 16.4 Å². The van der Waals surface area contributed by atoms with Crippen molar-refractivity contribution in [1.29, 1.82) is 0 Å². The minimum absolute atomic E-state index is 0. The molecular weight excluding hydrogens is 876 g/mol. The smallest absolute Gasteiger partial charge is 0.300 e. The molecule has 2 saturated carbocycles. The summed E-state index contributed by atoms with van der Waals surface area (Å²) in [7, 11) is -6.17.